The van der Waals surface area contributed by atoms with Crippen molar-refractivity contribution < 1.29 is 15.0 Å². The number of benzene rings is 2. The molecule has 0 fully saturated rings. The van der Waals surface area contributed by atoms with E-state index in [1.807, 2.05) is 24.3 Å². The number of aryl methyl sites for hydroxylation is 1. The van der Waals surface area contributed by atoms with Crippen LogP contribution in [0.25, 0.3) is 16.8 Å². The number of hydrogen-bond donors (Lipinski definition) is 2. The van der Waals surface area contributed by atoms with Crippen LogP contribution in [0.2, 0.25) is 0 Å². The lowest BCUT2D eigenvalue weighted by Gasteiger charge is -2.07. The van der Waals surface area contributed by atoms with E-state index < -0.39 is 5.97 Å². The number of carbonyl (C=O) groups is 1. The third-order valence-corrected chi connectivity index (χ3v) is 2.64. The summed E-state index contributed by atoms with van der Waals surface area (Å²) in [5, 5.41) is 20.1. The zero-order chi connectivity index (χ0) is 12.4. The van der Waals surface area contributed by atoms with Gasteiger partial charge < -0.3 is 10.2 Å². The molecule has 0 aliphatic rings. The average Bonchev–Trinajstić information content (AvgIpc) is 2.32. The molecule has 0 aliphatic heterocycles. The minimum Gasteiger partial charge on any atom is -0.507 e. The van der Waals surface area contributed by atoms with E-state index in [4.69, 9.17) is 5.11 Å². The lowest BCUT2D eigenvalue weighted by Crippen LogP contribution is -1.88. The van der Waals surface area contributed by atoms with Gasteiger partial charge in [-0.1, -0.05) is 24.3 Å². The zero-order valence-corrected chi connectivity index (χ0v) is 9.34. The van der Waals surface area contributed by atoms with E-state index in [1.54, 1.807) is 13.0 Å². The Morgan fingerprint density at radius 2 is 1.88 bits per heavy atom. The van der Waals surface area contributed by atoms with Crippen molar-refractivity contribution >= 4 is 22.8 Å². The predicted octanol–water partition coefficient (Wildman–Crippen LogP) is 2.95. The molecular weight excluding hydrogens is 216 g/mol. The van der Waals surface area contributed by atoms with Crippen LogP contribution < -0.4 is 0 Å². The first-order valence-electron chi connectivity index (χ1n) is 5.22. The Morgan fingerprint density at radius 3 is 2.53 bits per heavy atom. The molecule has 17 heavy (non-hydrogen) atoms. The van der Waals surface area contributed by atoms with Crippen molar-refractivity contribution in [3.63, 3.8) is 0 Å². The molecule has 0 saturated heterocycles. The minimum absolute atomic E-state index is 0.244. The Kier molecular flexibility index (Phi) is 2.83. The van der Waals surface area contributed by atoms with Crippen molar-refractivity contribution in [1.82, 2.24) is 0 Å². The van der Waals surface area contributed by atoms with Crippen molar-refractivity contribution in [2.24, 2.45) is 0 Å². The van der Waals surface area contributed by atoms with Crippen molar-refractivity contribution in [1.29, 1.82) is 0 Å². The van der Waals surface area contributed by atoms with Crippen LogP contribution in [0.4, 0.5) is 0 Å². The fourth-order valence-corrected chi connectivity index (χ4v) is 1.83. The Labute approximate surface area is 98.6 Å². The first-order valence-corrected chi connectivity index (χ1v) is 5.22. The number of aromatic hydroxyl groups is 1. The highest BCUT2D eigenvalue weighted by Crippen LogP contribution is 2.31. The normalized spacial score (nSPS) is 11.1. The van der Waals surface area contributed by atoms with Crippen LogP contribution in [0.15, 0.2) is 36.4 Å². The van der Waals surface area contributed by atoms with E-state index >= 15 is 0 Å². The molecule has 2 aromatic rings. The van der Waals surface area contributed by atoms with Gasteiger partial charge in [0.05, 0.1) is 0 Å². The summed E-state index contributed by atoms with van der Waals surface area (Å²) in [6.45, 7) is 1.79. The monoisotopic (exact) mass is 228 g/mol. The molecule has 0 saturated carbocycles. The van der Waals surface area contributed by atoms with Crippen LogP contribution in [-0.2, 0) is 4.79 Å². The second kappa shape index (κ2) is 4.29. The van der Waals surface area contributed by atoms with Gasteiger partial charge in [-0.25, -0.2) is 4.79 Å². The zero-order valence-electron chi connectivity index (χ0n) is 9.34. The number of aliphatic carboxylic acids is 1. The number of rotatable bonds is 2. The van der Waals surface area contributed by atoms with Crippen LogP contribution in [0.5, 0.6) is 5.75 Å². The molecule has 2 aromatic carbocycles. The fourth-order valence-electron chi connectivity index (χ4n) is 1.83. The third-order valence-electron chi connectivity index (χ3n) is 2.64. The molecule has 3 heteroatoms. The van der Waals surface area contributed by atoms with Gasteiger partial charge in [-0.05, 0) is 35.6 Å². The second-order valence-corrected chi connectivity index (χ2v) is 3.85. The molecule has 2 N–H and O–H groups in total. The first-order chi connectivity index (χ1) is 8.09. The maximum absolute atomic E-state index is 10.5. The average molecular weight is 228 g/mol. The lowest BCUT2D eigenvalue weighted by molar-refractivity contribution is -0.131. The summed E-state index contributed by atoms with van der Waals surface area (Å²) in [5.74, 6) is -0.743. The van der Waals surface area contributed by atoms with Crippen molar-refractivity contribution in [2.45, 2.75) is 6.92 Å². The molecule has 0 spiro atoms. The SMILES string of the molecule is Cc1cc(C=CC(=O)O)c2ccccc2c1O. The van der Waals surface area contributed by atoms with E-state index in [9.17, 15) is 9.90 Å². The standard InChI is InChI=1S/C14H12O3/c1-9-8-10(6-7-13(15)16)11-4-2-3-5-12(11)14(9)17/h2-8,17H,1H3,(H,15,16). The van der Waals surface area contributed by atoms with Gasteiger partial charge in [0.1, 0.15) is 5.75 Å². The highest BCUT2D eigenvalue weighted by atomic mass is 16.4. The van der Waals surface area contributed by atoms with Gasteiger partial charge in [-0.15, -0.1) is 0 Å². The summed E-state index contributed by atoms with van der Waals surface area (Å²) in [6.07, 6.45) is 2.63. The molecule has 2 rings (SSSR count). The lowest BCUT2D eigenvalue weighted by atomic mass is 10.00. The number of phenolic OH excluding ortho intramolecular Hbond substituents is 1. The maximum atomic E-state index is 10.5. The van der Waals surface area contributed by atoms with Crippen LogP contribution in [0, 0.1) is 6.92 Å². The topological polar surface area (TPSA) is 57.5 Å². The minimum atomic E-state index is -0.986. The smallest absolute Gasteiger partial charge is 0.328 e. The second-order valence-electron chi connectivity index (χ2n) is 3.85. The van der Waals surface area contributed by atoms with E-state index in [1.165, 1.54) is 6.08 Å². The highest BCUT2D eigenvalue weighted by molar-refractivity contribution is 5.97. The predicted molar refractivity (Wildman–Crippen MR) is 67.0 cm³/mol. The molecule has 86 valence electrons. The number of carboxylic acid groups (broad SMARTS) is 1. The summed E-state index contributed by atoms with van der Waals surface area (Å²) in [7, 11) is 0. The van der Waals surface area contributed by atoms with Crippen molar-refractivity contribution in [3.8, 4) is 5.75 Å². The fraction of sp³-hybridized carbons (Fsp3) is 0.0714. The van der Waals surface area contributed by atoms with E-state index in [2.05, 4.69) is 0 Å². The Balaban J connectivity index is 2.71. The maximum Gasteiger partial charge on any atom is 0.328 e. The van der Waals surface area contributed by atoms with Gasteiger partial charge in [-0.2, -0.15) is 0 Å². The quantitative estimate of drug-likeness (QED) is 0.777. The molecule has 0 aliphatic carbocycles. The van der Waals surface area contributed by atoms with Gasteiger partial charge in [0.2, 0.25) is 0 Å². The summed E-state index contributed by atoms with van der Waals surface area (Å²) < 4.78 is 0. The van der Waals surface area contributed by atoms with Crippen molar-refractivity contribution in [2.75, 3.05) is 0 Å². The molecular formula is C14H12O3. The molecule has 0 unspecified atom stereocenters. The van der Waals surface area contributed by atoms with E-state index in [-0.39, 0.29) is 5.75 Å². The van der Waals surface area contributed by atoms with Crippen LogP contribution in [-0.4, -0.2) is 16.2 Å². The Morgan fingerprint density at radius 1 is 1.24 bits per heavy atom. The summed E-state index contributed by atoms with van der Waals surface area (Å²) in [5.41, 5.74) is 1.52. The Bertz CT molecular complexity index is 612. The van der Waals surface area contributed by atoms with Gasteiger partial charge in [0.15, 0.2) is 0 Å². The van der Waals surface area contributed by atoms with Gasteiger partial charge in [0, 0.05) is 11.5 Å². The Hall–Kier alpha value is -2.29. The van der Waals surface area contributed by atoms with Crippen LogP contribution in [0.3, 0.4) is 0 Å². The van der Waals surface area contributed by atoms with E-state index in [0.29, 0.717) is 0 Å². The summed E-state index contributed by atoms with van der Waals surface area (Å²) in [4.78, 5) is 10.5. The number of fused-ring (bicyclic) bond motifs is 1. The highest BCUT2D eigenvalue weighted by Gasteiger charge is 2.06. The first kappa shape index (κ1) is 11.2. The van der Waals surface area contributed by atoms with Gasteiger partial charge >= 0.3 is 5.97 Å². The molecule has 0 heterocycles. The van der Waals surface area contributed by atoms with E-state index in [0.717, 1.165) is 28.0 Å². The van der Waals surface area contributed by atoms with Crippen LogP contribution in [0.1, 0.15) is 11.1 Å². The molecule has 0 bridgehead atoms. The van der Waals surface area contributed by atoms with Gasteiger partial charge in [-0.3, -0.25) is 0 Å². The number of phenols is 1. The summed E-state index contributed by atoms with van der Waals surface area (Å²) >= 11 is 0. The molecule has 0 amide bonds. The third kappa shape index (κ3) is 2.13. The van der Waals surface area contributed by atoms with Gasteiger partial charge in [0.25, 0.3) is 0 Å². The van der Waals surface area contributed by atoms with Crippen molar-refractivity contribution in [3.05, 3.63) is 47.5 Å². The molecule has 0 aromatic heterocycles. The van der Waals surface area contributed by atoms with Crippen LogP contribution >= 0.6 is 0 Å². The number of hydrogen-bond acceptors (Lipinski definition) is 2. The largest absolute Gasteiger partial charge is 0.507 e. The molecule has 0 atom stereocenters. The molecule has 3 nitrogen and oxygen atoms in total. The molecule has 0 radical (unpaired) electrons. The summed E-state index contributed by atoms with van der Waals surface area (Å²) in [6, 6.07) is 9.14. The number of carboxylic acids is 1.